The summed E-state index contributed by atoms with van der Waals surface area (Å²) in [6.07, 6.45) is 3.20. The molecule has 3 aromatic carbocycles. The van der Waals surface area contributed by atoms with E-state index >= 15 is 0 Å². The van der Waals surface area contributed by atoms with Crippen LogP contribution in [0.5, 0.6) is 28.7 Å². The summed E-state index contributed by atoms with van der Waals surface area (Å²) in [5.74, 6) is 2.51. The summed E-state index contributed by atoms with van der Waals surface area (Å²) in [7, 11) is 10.2. The molecule has 0 aromatic heterocycles. The van der Waals surface area contributed by atoms with Gasteiger partial charge in [0.25, 0.3) is 0 Å². The summed E-state index contributed by atoms with van der Waals surface area (Å²) in [6.45, 7) is 1.18. The van der Waals surface area contributed by atoms with Crippen LogP contribution in [0, 0.1) is 0 Å². The zero-order chi connectivity index (χ0) is 26.1. The highest BCUT2D eigenvalue weighted by Crippen LogP contribution is 2.40. The number of likely N-dealkylation sites (N-methyl/N-ethyl adjacent to an activating group) is 1. The fourth-order valence-electron chi connectivity index (χ4n) is 3.75. The monoisotopic (exact) mass is 491 g/mol. The summed E-state index contributed by atoms with van der Waals surface area (Å²) in [4.78, 5) is 15.5. The summed E-state index contributed by atoms with van der Waals surface area (Å²) < 4.78 is 27.9. The highest BCUT2D eigenvalue weighted by Gasteiger charge is 2.17. The number of carbonyl (C=O) groups excluding carboxylic acids is 1. The molecule has 190 valence electrons. The summed E-state index contributed by atoms with van der Waals surface area (Å²) in [5.41, 5.74) is 2.87. The second-order valence-corrected chi connectivity index (χ2v) is 8.18. The van der Waals surface area contributed by atoms with Gasteiger partial charge in [0.2, 0.25) is 5.75 Å². The highest BCUT2D eigenvalue weighted by atomic mass is 16.5. The van der Waals surface area contributed by atoms with Gasteiger partial charge in [-0.15, -0.1) is 0 Å². The lowest BCUT2D eigenvalue weighted by atomic mass is 9.99. The lowest BCUT2D eigenvalue weighted by Crippen LogP contribution is -2.20. The van der Waals surface area contributed by atoms with E-state index in [4.69, 9.17) is 23.7 Å². The van der Waals surface area contributed by atoms with Crippen LogP contribution in [0.2, 0.25) is 0 Å². The number of ketones is 1. The van der Waals surface area contributed by atoms with Gasteiger partial charge in [-0.25, -0.2) is 0 Å². The van der Waals surface area contributed by atoms with Crippen molar-refractivity contribution in [3.05, 3.63) is 71.8 Å². The SMILES string of the molecule is COc1ccccc1-c1ccc(OCCN(C)C)c(C(=O)C=Cc2ccc(OC)c(OC)c2OC)c1. The molecule has 36 heavy (non-hydrogen) atoms. The van der Waals surface area contributed by atoms with Gasteiger partial charge in [0.15, 0.2) is 17.3 Å². The lowest BCUT2D eigenvalue weighted by Gasteiger charge is -2.15. The van der Waals surface area contributed by atoms with Crippen molar-refractivity contribution in [2.45, 2.75) is 0 Å². The Morgan fingerprint density at radius 2 is 1.50 bits per heavy atom. The molecule has 0 atom stereocenters. The van der Waals surface area contributed by atoms with Crippen molar-refractivity contribution in [2.24, 2.45) is 0 Å². The van der Waals surface area contributed by atoms with E-state index in [0.29, 0.717) is 40.7 Å². The molecule has 0 saturated heterocycles. The van der Waals surface area contributed by atoms with Crippen molar-refractivity contribution in [2.75, 3.05) is 55.7 Å². The first-order valence-corrected chi connectivity index (χ1v) is 11.5. The molecule has 0 bridgehead atoms. The van der Waals surface area contributed by atoms with Gasteiger partial charge >= 0.3 is 0 Å². The van der Waals surface area contributed by atoms with E-state index in [1.165, 1.54) is 6.08 Å². The number of hydrogen-bond donors (Lipinski definition) is 0. The van der Waals surface area contributed by atoms with E-state index in [0.717, 1.165) is 23.4 Å². The van der Waals surface area contributed by atoms with E-state index in [-0.39, 0.29) is 5.78 Å². The molecule has 0 N–H and O–H groups in total. The maximum absolute atomic E-state index is 13.4. The first-order valence-electron chi connectivity index (χ1n) is 11.5. The molecule has 0 fully saturated rings. The predicted octanol–water partition coefficient (Wildman–Crippen LogP) is 5.22. The topological polar surface area (TPSA) is 66.5 Å². The van der Waals surface area contributed by atoms with Crippen LogP contribution < -0.4 is 23.7 Å². The maximum Gasteiger partial charge on any atom is 0.203 e. The van der Waals surface area contributed by atoms with Crippen molar-refractivity contribution in [3.63, 3.8) is 0 Å². The number of carbonyl (C=O) groups is 1. The van der Waals surface area contributed by atoms with Gasteiger partial charge in [-0.1, -0.05) is 24.3 Å². The molecule has 0 heterocycles. The van der Waals surface area contributed by atoms with E-state index in [1.807, 2.05) is 67.5 Å². The van der Waals surface area contributed by atoms with E-state index < -0.39 is 0 Å². The largest absolute Gasteiger partial charge is 0.496 e. The standard InChI is InChI=1S/C29H33NO6/c1-30(2)17-18-36-26-15-13-21(22-9-7-8-10-25(22)32-3)19-23(26)24(31)14-11-20-12-16-27(33-4)29(35-6)28(20)34-5/h7-16,19H,17-18H2,1-6H3. The fourth-order valence-corrected chi connectivity index (χ4v) is 3.75. The molecule has 0 unspecified atom stereocenters. The van der Waals surface area contributed by atoms with Gasteiger partial charge in [0, 0.05) is 17.7 Å². The van der Waals surface area contributed by atoms with Crippen LogP contribution in [-0.4, -0.2) is 66.4 Å². The Hall–Kier alpha value is -3.97. The van der Waals surface area contributed by atoms with Crippen LogP contribution in [0.4, 0.5) is 0 Å². The zero-order valence-electron chi connectivity index (χ0n) is 21.7. The first kappa shape index (κ1) is 26.6. The maximum atomic E-state index is 13.4. The van der Waals surface area contributed by atoms with Crippen LogP contribution in [0.25, 0.3) is 17.2 Å². The Balaban J connectivity index is 2.01. The zero-order valence-corrected chi connectivity index (χ0v) is 21.7. The van der Waals surface area contributed by atoms with Gasteiger partial charge in [0.05, 0.1) is 34.0 Å². The van der Waals surface area contributed by atoms with Gasteiger partial charge in [-0.3, -0.25) is 4.79 Å². The van der Waals surface area contributed by atoms with Crippen LogP contribution in [0.3, 0.4) is 0 Å². The summed E-state index contributed by atoms with van der Waals surface area (Å²) in [5, 5.41) is 0. The Morgan fingerprint density at radius 3 is 2.17 bits per heavy atom. The molecule has 3 rings (SSSR count). The first-order chi connectivity index (χ1) is 17.4. The molecule has 0 radical (unpaired) electrons. The third kappa shape index (κ3) is 6.17. The predicted molar refractivity (Wildman–Crippen MR) is 142 cm³/mol. The molecule has 7 heteroatoms. The number of para-hydroxylation sites is 1. The van der Waals surface area contributed by atoms with E-state index in [1.54, 1.807) is 40.6 Å². The molecule has 0 aliphatic heterocycles. The highest BCUT2D eigenvalue weighted by molar-refractivity contribution is 6.09. The van der Waals surface area contributed by atoms with Gasteiger partial charge in [-0.2, -0.15) is 0 Å². The van der Waals surface area contributed by atoms with Crippen LogP contribution in [0.15, 0.2) is 60.7 Å². The average Bonchev–Trinajstić information content (AvgIpc) is 2.90. The van der Waals surface area contributed by atoms with Crippen molar-refractivity contribution in [1.29, 1.82) is 0 Å². The molecule has 3 aromatic rings. The van der Waals surface area contributed by atoms with Crippen molar-refractivity contribution in [1.82, 2.24) is 4.90 Å². The Morgan fingerprint density at radius 1 is 0.806 bits per heavy atom. The minimum atomic E-state index is -0.205. The molecule has 0 saturated carbocycles. The number of methoxy groups -OCH3 is 4. The van der Waals surface area contributed by atoms with Crippen LogP contribution >= 0.6 is 0 Å². The van der Waals surface area contributed by atoms with Gasteiger partial charge < -0.3 is 28.6 Å². The van der Waals surface area contributed by atoms with E-state index in [9.17, 15) is 4.79 Å². The van der Waals surface area contributed by atoms with Crippen LogP contribution in [-0.2, 0) is 0 Å². The Bertz CT molecular complexity index is 1220. The Kier molecular flexibility index (Phi) is 9.36. The number of benzene rings is 3. The molecule has 0 aliphatic rings. The molecule has 7 nitrogen and oxygen atoms in total. The third-order valence-electron chi connectivity index (χ3n) is 5.61. The molecular formula is C29H33NO6. The average molecular weight is 492 g/mol. The quantitative estimate of drug-likeness (QED) is 0.254. The third-order valence-corrected chi connectivity index (χ3v) is 5.61. The smallest absolute Gasteiger partial charge is 0.203 e. The number of rotatable bonds is 12. The minimum absolute atomic E-state index is 0.205. The molecule has 0 amide bonds. The summed E-state index contributed by atoms with van der Waals surface area (Å²) >= 11 is 0. The number of hydrogen-bond acceptors (Lipinski definition) is 7. The van der Waals surface area contributed by atoms with Crippen molar-refractivity contribution >= 4 is 11.9 Å². The van der Waals surface area contributed by atoms with E-state index in [2.05, 4.69) is 0 Å². The number of ether oxygens (including phenoxy) is 5. The van der Waals surface area contributed by atoms with Crippen molar-refractivity contribution < 1.29 is 28.5 Å². The lowest BCUT2D eigenvalue weighted by molar-refractivity contribution is 0.104. The molecular weight excluding hydrogens is 458 g/mol. The molecule has 0 aliphatic carbocycles. The molecule has 0 spiro atoms. The van der Waals surface area contributed by atoms with Gasteiger partial charge in [-0.05, 0) is 62.1 Å². The number of nitrogens with zero attached hydrogens (tertiary/aromatic N) is 1. The summed E-state index contributed by atoms with van der Waals surface area (Å²) in [6, 6.07) is 16.9. The second-order valence-electron chi connectivity index (χ2n) is 8.18. The Labute approximate surface area is 212 Å². The second kappa shape index (κ2) is 12.7. The fraction of sp³-hybridized carbons (Fsp3) is 0.276. The minimum Gasteiger partial charge on any atom is -0.496 e. The van der Waals surface area contributed by atoms with Crippen molar-refractivity contribution in [3.8, 4) is 39.9 Å². The van der Waals surface area contributed by atoms with Gasteiger partial charge in [0.1, 0.15) is 18.1 Å². The normalized spacial score (nSPS) is 11.0. The number of allylic oxidation sites excluding steroid dienone is 1. The van der Waals surface area contributed by atoms with Crippen LogP contribution in [0.1, 0.15) is 15.9 Å².